The van der Waals surface area contributed by atoms with Crippen LogP contribution in [0.4, 0.5) is 0 Å². The van der Waals surface area contributed by atoms with Crippen LogP contribution in [0.25, 0.3) is 0 Å². The summed E-state index contributed by atoms with van der Waals surface area (Å²) in [6.45, 7) is 7.32. The second-order valence-corrected chi connectivity index (χ2v) is 11.2. The highest BCUT2D eigenvalue weighted by Gasteiger charge is 2.16. The van der Waals surface area contributed by atoms with E-state index in [2.05, 4.69) is 20.8 Å². The lowest BCUT2D eigenvalue weighted by Crippen LogP contribution is -2.13. The first-order valence-electron chi connectivity index (χ1n) is 15.9. The van der Waals surface area contributed by atoms with Crippen molar-refractivity contribution in [3.8, 4) is 0 Å². The fourth-order valence-electron chi connectivity index (χ4n) is 5.48. The fourth-order valence-corrected chi connectivity index (χ4v) is 5.48. The van der Waals surface area contributed by atoms with Crippen molar-refractivity contribution in [3.05, 3.63) is 0 Å². The lowest BCUT2D eigenvalue weighted by molar-refractivity contribution is 0.181. The number of aliphatic hydroxyl groups is 1. The molecular formula is C32H66O. The molecule has 0 saturated carbocycles. The molecule has 1 heteroatoms. The summed E-state index contributed by atoms with van der Waals surface area (Å²) in [6, 6.07) is 0. The lowest BCUT2D eigenvalue weighted by Gasteiger charge is -2.23. The molecule has 200 valence electrons. The minimum absolute atomic E-state index is 0.417. The number of aliphatic hydroxyl groups excluding tert-OH is 1. The average molecular weight is 467 g/mol. The molecule has 33 heavy (non-hydrogen) atoms. The first-order chi connectivity index (χ1) is 16.3. The zero-order valence-corrected chi connectivity index (χ0v) is 23.7. The van der Waals surface area contributed by atoms with Crippen LogP contribution in [0.2, 0.25) is 0 Å². The summed E-state index contributed by atoms with van der Waals surface area (Å²) in [5, 5.41) is 10.0. The largest absolute Gasteiger partial charge is 0.396 e. The summed E-state index contributed by atoms with van der Waals surface area (Å²) in [5.41, 5.74) is 0. The van der Waals surface area contributed by atoms with Gasteiger partial charge in [0.05, 0.1) is 0 Å². The molecule has 0 aliphatic heterocycles. The van der Waals surface area contributed by atoms with Gasteiger partial charge in [-0.1, -0.05) is 175 Å². The third-order valence-electron chi connectivity index (χ3n) is 7.82. The summed E-state index contributed by atoms with van der Waals surface area (Å²) in [5.74, 6) is 1.42. The monoisotopic (exact) mass is 467 g/mol. The second-order valence-electron chi connectivity index (χ2n) is 11.2. The maximum absolute atomic E-state index is 10.0. The van der Waals surface area contributed by atoms with Crippen LogP contribution in [0, 0.1) is 11.8 Å². The van der Waals surface area contributed by atoms with Gasteiger partial charge in [0.25, 0.3) is 0 Å². The van der Waals surface area contributed by atoms with Crippen molar-refractivity contribution in [2.75, 3.05) is 6.61 Å². The highest BCUT2D eigenvalue weighted by atomic mass is 16.3. The van der Waals surface area contributed by atoms with Gasteiger partial charge < -0.3 is 5.11 Å². The van der Waals surface area contributed by atoms with Crippen LogP contribution in [0.1, 0.15) is 188 Å². The van der Waals surface area contributed by atoms with E-state index in [1.807, 2.05) is 0 Å². The molecule has 0 fully saturated rings. The average Bonchev–Trinajstić information content (AvgIpc) is 2.83. The van der Waals surface area contributed by atoms with Crippen LogP contribution in [0.15, 0.2) is 0 Å². The van der Waals surface area contributed by atoms with Gasteiger partial charge in [-0.05, 0) is 24.7 Å². The zero-order valence-electron chi connectivity index (χ0n) is 23.7. The van der Waals surface area contributed by atoms with Crippen molar-refractivity contribution in [1.29, 1.82) is 0 Å². The molecule has 0 bridgehead atoms. The van der Waals surface area contributed by atoms with E-state index in [4.69, 9.17) is 0 Å². The molecule has 0 aromatic heterocycles. The van der Waals surface area contributed by atoms with Gasteiger partial charge in [0.15, 0.2) is 0 Å². The normalized spacial score (nSPS) is 12.6. The Morgan fingerprint density at radius 2 is 0.636 bits per heavy atom. The molecule has 0 aromatic rings. The van der Waals surface area contributed by atoms with Gasteiger partial charge >= 0.3 is 0 Å². The molecule has 0 heterocycles. The maximum Gasteiger partial charge on any atom is 0.0459 e. The van der Waals surface area contributed by atoms with Gasteiger partial charge in [0.2, 0.25) is 0 Å². The van der Waals surface area contributed by atoms with E-state index in [1.54, 1.807) is 0 Å². The predicted molar refractivity (Wildman–Crippen MR) is 151 cm³/mol. The number of hydrogen-bond donors (Lipinski definition) is 1. The van der Waals surface area contributed by atoms with E-state index >= 15 is 0 Å². The molecule has 1 nitrogen and oxygen atoms in total. The molecule has 0 saturated heterocycles. The maximum atomic E-state index is 10.0. The Hall–Kier alpha value is -0.0400. The van der Waals surface area contributed by atoms with Crippen LogP contribution >= 0.6 is 0 Å². The summed E-state index contributed by atoms with van der Waals surface area (Å²) in [7, 11) is 0. The van der Waals surface area contributed by atoms with Gasteiger partial charge in [-0.3, -0.25) is 0 Å². The Labute approximate surface area is 211 Å². The Morgan fingerprint density at radius 1 is 0.364 bits per heavy atom. The van der Waals surface area contributed by atoms with Gasteiger partial charge in [-0.2, -0.15) is 0 Å². The molecule has 1 N–H and O–H groups in total. The first-order valence-corrected chi connectivity index (χ1v) is 15.9. The molecule has 0 amide bonds. The number of unbranched alkanes of at least 4 members (excludes halogenated alkanes) is 19. The summed E-state index contributed by atoms with van der Waals surface area (Å²) in [4.78, 5) is 0. The van der Waals surface area contributed by atoms with Gasteiger partial charge in [-0.25, -0.2) is 0 Å². The Morgan fingerprint density at radius 3 is 0.939 bits per heavy atom. The van der Waals surface area contributed by atoms with Crippen molar-refractivity contribution in [3.63, 3.8) is 0 Å². The van der Waals surface area contributed by atoms with Crippen LogP contribution in [0.3, 0.4) is 0 Å². The Kier molecular flexibility index (Phi) is 28.2. The van der Waals surface area contributed by atoms with E-state index in [9.17, 15) is 5.11 Å². The second kappa shape index (κ2) is 28.2. The number of hydrogen-bond acceptors (Lipinski definition) is 1. The van der Waals surface area contributed by atoms with Gasteiger partial charge in [-0.15, -0.1) is 0 Å². The third-order valence-corrected chi connectivity index (χ3v) is 7.82. The third kappa shape index (κ3) is 24.9. The quantitative estimate of drug-likeness (QED) is 0.114. The molecule has 0 rings (SSSR count). The highest BCUT2D eigenvalue weighted by molar-refractivity contribution is 4.68. The van der Waals surface area contributed by atoms with E-state index in [0.717, 1.165) is 5.92 Å². The molecule has 1 atom stereocenters. The molecule has 0 aliphatic rings. The minimum Gasteiger partial charge on any atom is -0.396 e. The van der Waals surface area contributed by atoms with E-state index in [1.165, 1.54) is 167 Å². The summed E-state index contributed by atoms with van der Waals surface area (Å²) < 4.78 is 0. The van der Waals surface area contributed by atoms with Crippen molar-refractivity contribution in [2.45, 2.75) is 188 Å². The van der Waals surface area contributed by atoms with Crippen LogP contribution in [-0.2, 0) is 0 Å². The van der Waals surface area contributed by atoms with Crippen LogP contribution < -0.4 is 0 Å². The van der Waals surface area contributed by atoms with Crippen molar-refractivity contribution in [1.82, 2.24) is 0 Å². The standard InChI is InChI=1S/C32H66O/c1-4-7-10-13-16-18-21-23-26-31(27-24-22-19-17-14-11-8-5-2)29-32(30-33)28-25-20-15-12-9-6-3/h31-33H,4-30H2,1-3H3. The van der Waals surface area contributed by atoms with Crippen LogP contribution in [-0.4, -0.2) is 11.7 Å². The van der Waals surface area contributed by atoms with Gasteiger partial charge in [0, 0.05) is 6.61 Å². The van der Waals surface area contributed by atoms with Crippen molar-refractivity contribution >= 4 is 0 Å². The van der Waals surface area contributed by atoms with Crippen molar-refractivity contribution < 1.29 is 5.11 Å². The summed E-state index contributed by atoms with van der Waals surface area (Å²) >= 11 is 0. The zero-order chi connectivity index (χ0) is 24.2. The molecule has 0 aliphatic carbocycles. The topological polar surface area (TPSA) is 20.2 Å². The Bertz CT molecular complexity index is 319. The molecule has 0 spiro atoms. The number of rotatable bonds is 28. The minimum atomic E-state index is 0.417. The molecule has 0 radical (unpaired) electrons. The summed E-state index contributed by atoms with van der Waals surface area (Å²) in [6.07, 6.45) is 36.4. The van der Waals surface area contributed by atoms with Gasteiger partial charge in [0.1, 0.15) is 0 Å². The molecule has 0 aromatic carbocycles. The smallest absolute Gasteiger partial charge is 0.0459 e. The Balaban J connectivity index is 4.16. The molecular weight excluding hydrogens is 400 g/mol. The van der Waals surface area contributed by atoms with E-state index in [-0.39, 0.29) is 0 Å². The van der Waals surface area contributed by atoms with Crippen molar-refractivity contribution in [2.24, 2.45) is 11.8 Å². The predicted octanol–water partition coefficient (Wildman–Crippen LogP) is 11.4. The molecule has 1 unspecified atom stereocenters. The van der Waals surface area contributed by atoms with Crippen LogP contribution in [0.5, 0.6) is 0 Å². The SMILES string of the molecule is CCCCCCCCCCC(CCCCCCCCCC)CC(CO)CCCCCCCC. The first kappa shape index (κ1) is 33.0. The highest BCUT2D eigenvalue weighted by Crippen LogP contribution is 2.28. The van der Waals surface area contributed by atoms with E-state index < -0.39 is 0 Å². The fraction of sp³-hybridized carbons (Fsp3) is 1.00. The lowest BCUT2D eigenvalue weighted by atomic mass is 9.84. The van der Waals surface area contributed by atoms with E-state index in [0.29, 0.717) is 12.5 Å².